The zero-order valence-electron chi connectivity index (χ0n) is 8.79. The van der Waals surface area contributed by atoms with Crippen molar-refractivity contribution in [2.75, 3.05) is 5.73 Å². The molecular weight excluding hydrogens is 222 g/mol. The Morgan fingerprint density at radius 3 is 2.44 bits per heavy atom. The molecule has 2 aromatic rings. The minimum absolute atomic E-state index is 0.431. The van der Waals surface area contributed by atoms with Crippen LogP contribution in [0.4, 0.5) is 5.82 Å². The zero-order valence-corrected chi connectivity index (χ0v) is 9.61. The summed E-state index contributed by atoms with van der Waals surface area (Å²) in [7, 11) is 0. The number of aryl methyl sites for hydroxylation is 1. The standard InChI is InChI=1S/C10H11N5S/c1-7-2-14-10(15-3-7)16-6-8-4-13-9(11)5-12-8/h2-5H,6H2,1H3,(H2,11,13). The molecule has 0 spiro atoms. The van der Waals surface area contributed by atoms with Gasteiger partial charge in [0.2, 0.25) is 0 Å². The number of nitrogens with zero attached hydrogens (tertiary/aromatic N) is 4. The van der Waals surface area contributed by atoms with E-state index in [9.17, 15) is 0 Å². The molecule has 5 nitrogen and oxygen atoms in total. The van der Waals surface area contributed by atoms with Crippen molar-refractivity contribution in [3.8, 4) is 0 Å². The summed E-state index contributed by atoms with van der Waals surface area (Å²) < 4.78 is 0. The highest BCUT2D eigenvalue weighted by molar-refractivity contribution is 7.98. The van der Waals surface area contributed by atoms with Crippen molar-refractivity contribution in [3.63, 3.8) is 0 Å². The van der Waals surface area contributed by atoms with Gasteiger partial charge in [0, 0.05) is 18.1 Å². The first-order valence-electron chi connectivity index (χ1n) is 4.72. The van der Waals surface area contributed by atoms with E-state index >= 15 is 0 Å². The molecule has 0 aliphatic heterocycles. The van der Waals surface area contributed by atoms with Gasteiger partial charge >= 0.3 is 0 Å². The molecule has 2 N–H and O–H groups in total. The van der Waals surface area contributed by atoms with Crippen molar-refractivity contribution >= 4 is 17.6 Å². The molecule has 2 rings (SSSR count). The fourth-order valence-electron chi connectivity index (χ4n) is 1.03. The predicted molar refractivity (Wildman–Crippen MR) is 62.8 cm³/mol. The molecule has 16 heavy (non-hydrogen) atoms. The Hall–Kier alpha value is -1.69. The monoisotopic (exact) mass is 233 g/mol. The Morgan fingerprint density at radius 2 is 1.81 bits per heavy atom. The highest BCUT2D eigenvalue weighted by Crippen LogP contribution is 2.16. The van der Waals surface area contributed by atoms with Crippen molar-refractivity contribution in [1.82, 2.24) is 19.9 Å². The van der Waals surface area contributed by atoms with E-state index < -0.39 is 0 Å². The van der Waals surface area contributed by atoms with Crippen molar-refractivity contribution < 1.29 is 0 Å². The lowest BCUT2D eigenvalue weighted by molar-refractivity contribution is 0.947. The lowest BCUT2D eigenvalue weighted by atomic mass is 10.4. The Bertz CT molecular complexity index is 408. The van der Waals surface area contributed by atoms with Gasteiger partial charge in [0.25, 0.3) is 0 Å². The molecule has 0 saturated heterocycles. The van der Waals surface area contributed by atoms with Gasteiger partial charge in [0.05, 0.1) is 18.1 Å². The van der Waals surface area contributed by atoms with E-state index in [0.29, 0.717) is 11.6 Å². The van der Waals surface area contributed by atoms with Crippen LogP contribution in [-0.4, -0.2) is 19.9 Å². The summed E-state index contributed by atoms with van der Waals surface area (Å²) in [5.41, 5.74) is 7.36. The number of thioether (sulfide) groups is 1. The molecule has 0 aliphatic rings. The van der Waals surface area contributed by atoms with E-state index in [0.717, 1.165) is 16.4 Å². The van der Waals surface area contributed by atoms with Crippen LogP contribution < -0.4 is 5.73 Å². The minimum Gasteiger partial charge on any atom is -0.382 e. The molecule has 2 aromatic heterocycles. The van der Waals surface area contributed by atoms with Gasteiger partial charge in [-0.05, 0) is 12.5 Å². The summed E-state index contributed by atoms with van der Waals surface area (Å²) in [6, 6.07) is 0. The second kappa shape index (κ2) is 4.89. The Morgan fingerprint density at radius 1 is 1.06 bits per heavy atom. The first-order chi connectivity index (χ1) is 7.74. The first kappa shape index (κ1) is 10.8. The van der Waals surface area contributed by atoms with Crippen molar-refractivity contribution in [3.05, 3.63) is 36.0 Å². The van der Waals surface area contributed by atoms with Crippen LogP contribution in [0.2, 0.25) is 0 Å². The molecule has 0 saturated carbocycles. The maximum Gasteiger partial charge on any atom is 0.187 e. The van der Waals surface area contributed by atoms with Crippen LogP contribution in [0.5, 0.6) is 0 Å². The van der Waals surface area contributed by atoms with Crippen LogP contribution in [-0.2, 0) is 5.75 Å². The number of hydrogen-bond donors (Lipinski definition) is 1. The number of anilines is 1. The van der Waals surface area contributed by atoms with Gasteiger partial charge in [-0.15, -0.1) is 0 Å². The predicted octanol–water partition coefficient (Wildman–Crippen LogP) is 1.45. The highest BCUT2D eigenvalue weighted by Gasteiger charge is 2.00. The summed E-state index contributed by atoms with van der Waals surface area (Å²) in [5, 5.41) is 0.740. The summed E-state index contributed by atoms with van der Waals surface area (Å²) >= 11 is 1.52. The van der Waals surface area contributed by atoms with E-state index in [-0.39, 0.29) is 0 Å². The van der Waals surface area contributed by atoms with E-state index in [1.165, 1.54) is 11.8 Å². The van der Waals surface area contributed by atoms with Crippen LogP contribution in [0.3, 0.4) is 0 Å². The summed E-state index contributed by atoms with van der Waals surface area (Å²) in [4.78, 5) is 16.5. The van der Waals surface area contributed by atoms with Crippen molar-refractivity contribution in [1.29, 1.82) is 0 Å². The summed E-state index contributed by atoms with van der Waals surface area (Å²) in [6.07, 6.45) is 6.80. The topological polar surface area (TPSA) is 77.6 Å². The SMILES string of the molecule is Cc1cnc(SCc2cnc(N)cn2)nc1. The third-order valence-electron chi connectivity index (χ3n) is 1.83. The number of hydrogen-bond acceptors (Lipinski definition) is 6. The van der Waals surface area contributed by atoms with E-state index in [1.807, 2.05) is 6.92 Å². The molecular formula is C10H11N5S. The van der Waals surface area contributed by atoms with Gasteiger partial charge in [-0.3, -0.25) is 4.98 Å². The Balaban J connectivity index is 1.97. The highest BCUT2D eigenvalue weighted by atomic mass is 32.2. The molecule has 0 radical (unpaired) electrons. The van der Waals surface area contributed by atoms with Crippen LogP contribution in [0.25, 0.3) is 0 Å². The molecule has 0 aliphatic carbocycles. The molecule has 0 unspecified atom stereocenters. The molecule has 6 heteroatoms. The summed E-state index contributed by atoms with van der Waals surface area (Å²) in [6.45, 7) is 1.96. The van der Waals surface area contributed by atoms with Crippen LogP contribution in [0.15, 0.2) is 29.9 Å². The maximum atomic E-state index is 5.45. The third-order valence-corrected chi connectivity index (χ3v) is 2.74. The van der Waals surface area contributed by atoms with Crippen LogP contribution >= 0.6 is 11.8 Å². The normalized spacial score (nSPS) is 10.3. The lowest BCUT2D eigenvalue weighted by Gasteiger charge is -2.00. The van der Waals surface area contributed by atoms with Gasteiger partial charge in [-0.2, -0.15) is 0 Å². The largest absolute Gasteiger partial charge is 0.382 e. The summed E-state index contributed by atoms with van der Waals surface area (Å²) in [5.74, 6) is 1.12. The Kier molecular flexibility index (Phi) is 3.31. The average Bonchev–Trinajstić information content (AvgIpc) is 2.30. The van der Waals surface area contributed by atoms with Gasteiger partial charge in [-0.1, -0.05) is 11.8 Å². The minimum atomic E-state index is 0.431. The second-order valence-corrected chi connectivity index (χ2v) is 4.21. The van der Waals surface area contributed by atoms with E-state index in [2.05, 4.69) is 19.9 Å². The van der Waals surface area contributed by atoms with Crippen molar-refractivity contribution in [2.24, 2.45) is 0 Å². The van der Waals surface area contributed by atoms with Gasteiger partial charge in [0.1, 0.15) is 5.82 Å². The molecule has 82 valence electrons. The second-order valence-electron chi connectivity index (χ2n) is 3.26. The first-order valence-corrected chi connectivity index (χ1v) is 5.70. The van der Waals surface area contributed by atoms with Gasteiger partial charge in [0.15, 0.2) is 5.16 Å². The fraction of sp³-hybridized carbons (Fsp3) is 0.200. The molecule has 2 heterocycles. The van der Waals surface area contributed by atoms with Gasteiger partial charge in [-0.25, -0.2) is 15.0 Å². The maximum absolute atomic E-state index is 5.45. The van der Waals surface area contributed by atoms with Gasteiger partial charge < -0.3 is 5.73 Å². The van der Waals surface area contributed by atoms with E-state index in [1.54, 1.807) is 24.8 Å². The molecule has 0 atom stereocenters. The average molecular weight is 233 g/mol. The fourth-order valence-corrected chi connectivity index (χ4v) is 1.71. The quantitative estimate of drug-likeness (QED) is 0.638. The number of rotatable bonds is 3. The Labute approximate surface area is 97.6 Å². The smallest absolute Gasteiger partial charge is 0.187 e. The lowest BCUT2D eigenvalue weighted by Crippen LogP contribution is -1.95. The number of nitrogens with two attached hydrogens (primary N) is 1. The number of nitrogen functional groups attached to an aromatic ring is 1. The van der Waals surface area contributed by atoms with Crippen LogP contribution in [0.1, 0.15) is 11.3 Å². The van der Waals surface area contributed by atoms with Crippen molar-refractivity contribution in [2.45, 2.75) is 17.8 Å². The third kappa shape index (κ3) is 2.90. The molecule has 0 aromatic carbocycles. The molecule has 0 bridgehead atoms. The van der Waals surface area contributed by atoms with E-state index in [4.69, 9.17) is 5.73 Å². The number of aromatic nitrogens is 4. The molecule has 0 amide bonds. The molecule has 0 fully saturated rings. The van der Waals surface area contributed by atoms with Crippen LogP contribution in [0, 0.1) is 6.92 Å². The zero-order chi connectivity index (χ0) is 11.4.